The lowest BCUT2D eigenvalue weighted by atomic mass is 10.0. The fraction of sp³-hybridized carbons (Fsp3) is 0.310. The largest absolute Gasteiger partial charge is 0.370 e. The summed E-state index contributed by atoms with van der Waals surface area (Å²) in [7, 11) is 0. The Kier molecular flexibility index (Phi) is 8.99. The Balaban J connectivity index is 1.16. The predicted molar refractivity (Wildman–Crippen MR) is 161 cm³/mol. The summed E-state index contributed by atoms with van der Waals surface area (Å²) in [5.74, 6) is -0.0774. The van der Waals surface area contributed by atoms with Gasteiger partial charge in [-0.05, 0) is 67.4 Å². The minimum Gasteiger partial charge on any atom is -0.370 e. The number of urea groups is 2. The van der Waals surface area contributed by atoms with E-state index in [4.69, 9.17) is 11.5 Å². The highest BCUT2D eigenvalue weighted by Crippen LogP contribution is 2.28. The average molecular weight is 573 g/mol. The zero-order valence-corrected chi connectivity index (χ0v) is 23.2. The number of carbonyl (C=O) groups is 3. The van der Waals surface area contributed by atoms with Gasteiger partial charge in [0.1, 0.15) is 6.17 Å². The second kappa shape index (κ2) is 13.2. The molecule has 0 aromatic heterocycles. The minimum atomic E-state index is -0.751. The van der Waals surface area contributed by atoms with Crippen LogP contribution in [-0.4, -0.2) is 62.3 Å². The summed E-state index contributed by atoms with van der Waals surface area (Å²) in [5.41, 5.74) is 15.6. The van der Waals surface area contributed by atoms with E-state index in [1.165, 1.54) is 0 Å². The molecule has 2 aromatic rings. The van der Waals surface area contributed by atoms with Crippen LogP contribution in [0.4, 0.5) is 15.3 Å². The maximum Gasteiger partial charge on any atom is 0.327 e. The number of aliphatic imine (C=N–C) groups is 1. The van der Waals surface area contributed by atoms with Gasteiger partial charge in [0.15, 0.2) is 5.96 Å². The number of piperidine rings is 1. The van der Waals surface area contributed by atoms with Gasteiger partial charge in [-0.1, -0.05) is 24.3 Å². The number of primary amides is 1. The summed E-state index contributed by atoms with van der Waals surface area (Å²) in [4.78, 5) is 41.9. The Morgan fingerprint density at radius 3 is 2.45 bits per heavy atom. The fourth-order valence-electron chi connectivity index (χ4n) is 4.99. The van der Waals surface area contributed by atoms with Gasteiger partial charge in [-0.2, -0.15) is 0 Å². The van der Waals surface area contributed by atoms with Crippen molar-refractivity contribution < 1.29 is 14.4 Å². The number of benzene rings is 2. The standard InChI is InChI=1S/C29H36N10O3/c30-27(38-28(31)41)34-14-13-33-16-18-1-7-23(8-2-18)39-17-21-15-24(36-25(21)37-29(39)42)19-3-5-20(6-4-19)26(40)35-22-9-11-32-12-10-22/h1-8,15,17,22,25,32-33,36H,9-14,16H2,(H,35,40)(H,37,42)(H5,30,31,34,38,41). The number of nitrogens with one attached hydrogen (secondary N) is 6. The molecule has 0 radical (unpaired) electrons. The van der Waals surface area contributed by atoms with Crippen LogP contribution in [0.2, 0.25) is 0 Å². The van der Waals surface area contributed by atoms with E-state index in [0.717, 1.165) is 54.0 Å². The molecule has 0 spiro atoms. The van der Waals surface area contributed by atoms with Crippen LogP contribution < -0.4 is 48.3 Å². The average Bonchev–Trinajstić information content (AvgIpc) is 3.40. The zero-order valence-electron chi connectivity index (χ0n) is 23.2. The van der Waals surface area contributed by atoms with Gasteiger partial charge in [0.25, 0.3) is 5.91 Å². The number of carbonyl (C=O) groups excluding carboxylic acids is 3. The summed E-state index contributed by atoms with van der Waals surface area (Å²) < 4.78 is 0. The molecule has 5 rings (SSSR count). The van der Waals surface area contributed by atoms with Crippen LogP contribution in [-0.2, 0) is 6.54 Å². The summed E-state index contributed by atoms with van der Waals surface area (Å²) in [6.45, 7) is 3.38. The molecule has 0 aliphatic carbocycles. The summed E-state index contributed by atoms with van der Waals surface area (Å²) in [6.07, 6.45) is 5.39. The van der Waals surface area contributed by atoms with Crippen LogP contribution in [0.25, 0.3) is 5.70 Å². The Bertz CT molecular complexity index is 1400. The van der Waals surface area contributed by atoms with Gasteiger partial charge in [0, 0.05) is 42.2 Å². The number of guanidine groups is 1. The maximum atomic E-state index is 12.9. The number of rotatable bonds is 9. The molecule has 0 bridgehead atoms. The van der Waals surface area contributed by atoms with Crippen molar-refractivity contribution in [1.82, 2.24) is 31.9 Å². The van der Waals surface area contributed by atoms with Crippen LogP contribution in [0.5, 0.6) is 0 Å². The van der Waals surface area contributed by atoms with Crippen molar-refractivity contribution >= 4 is 35.3 Å². The monoisotopic (exact) mass is 572 g/mol. The van der Waals surface area contributed by atoms with Gasteiger partial charge in [-0.15, -0.1) is 0 Å². The number of anilines is 1. The van der Waals surface area contributed by atoms with E-state index in [0.29, 0.717) is 25.2 Å². The molecule has 10 N–H and O–H groups in total. The van der Waals surface area contributed by atoms with Crippen molar-refractivity contribution in [3.63, 3.8) is 0 Å². The first-order chi connectivity index (χ1) is 20.4. The van der Waals surface area contributed by atoms with Crippen LogP contribution in [0.3, 0.4) is 0 Å². The molecule has 13 heteroatoms. The van der Waals surface area contributed by atoms with E-state index in [-0.39, 0.29) is 30.1 Å². The quantitative estimate of drug-likeness (QED) is 0.123. The van der Waals surface area contributed by atoms with Crippen LogP contribution in [0.15, 0.2) is 71.4 Å². The van der Waals surface area contributed by atoms with E-state index >= 15 is 0 Å². The van der Waals surface area contributed by atoms with Gasteiger partial charge in [0.2, 0.25) is 0 Å². The number of nitrogens with two attached hydrogens (primary N) is 2. The molecule has 2 aromatic carbocycles. The molecule has 220 valence electrons. The first-order valence-corrected chi connectivity index (χ1v) is 13.9. The zero-order chi connectivity index (χ0) is 29.5. The van der Waals surface area contributed by atoms with Gasteiger partial charge < -0.3 is 38.1 Å². The second-order valence-corrected chi connectivity index (χ2v) is 10.3. The van der Waals surface area contributed by atoms with Gasteiger partial charge in [0.05, 0.1) is 12.2 Å². The van der Waals surface area contributed by atoms with Crippen molar-refractivity contribution in [1.29, 1.82) is 0 Å². The molecule has 3 aliphatic rings. The normalized spacial score (nSPS) is 18.8. The van der Waals surface area contributed by atoms with Crippen molar-refractivity contribution in [2.45, 2.75) is 31.6 Å². The van der Waals surface area contributed by atoms with E-state index in [2.05, 4.69) is 36.9 Å². The summed E-state index contributed by atoms with van der Waals surface area (Å²) in [6, 6.07) is 14.4. The Morgan fingerprint density at radius 2 is 1.74 bits per heavy atom. The lowest BCUT2D eigenvalue weighted by molar-refractivity contribution is 0.0929. The first kappa shape index (κ1) is 28.6. The van der Waals surface area contributed by atoms with E-state index in [1.54, 1.807) is 4.90 Å². The molecule has 0 saturated carbocycles. The number of hydrogen-bond acceptors (Lipinski definition) is 7. The Hall–Kier alpha value is -4.88. The molecule has 13 nitrogen and oxygen atoms in total. The summed E-state index contributed by atoms with van der Waals surface area (Å²) in [5, 5.41) is 18.2. The van der Waals surface area contributed by atoms with Crippen LogP contribution in [0.1, 0.15) is 34.3 Å². The highest BCUT2D eigenvalue weighted by molar-refractivity contribution is 5.97. The van der Waals surface area contributed by atoms with Gasteiger partial charge in [-0.25, -0.2) is 9.59 Å². The smallest absolute Gasteiger partial charge is 0.327 e. The molecule has 3 heterocycles. The topological polar surface area (TPSA) is 191 Å². The van der Waals surface area contributed by atoms with Crippen LogP contribution in [0, 0.1) is 0 Å². The molecule has 3 aliphatic heterocycles. The maximum absolute atomic E-state index is 12.9. The van der Waals surface area contributed by atoms with Crippen molar-refractivity contribution in [2.75, 3.05) is 31.1 Å². The minimum absolute atomic E-state index is 0.0190. The third-order valence-corrected chi connectivity index (χ3v) is 7.21. The highest BCUT2D eigenvalue weighted by atomic mass is 16.2. The number of nitrogens with zero attached hydrogens (tertiary/aromatic N) is 2. The second-order valence-electron chi connectivity index (χ2n) is 10.3. The van der Waals surface area contributed by atoms with E-state index < -0.39 is 6.03 Å². The fourth-order valence-corrected chi connectivity index (χ4v) is 4.99. The molecule has 1 saturated heterocycles. The lowest BCUT2D eigenvalue weighted by Crippen LogP contribution is -2.51. The number of hydrogen-bond donors (Lipinski definition) is 8. The molecule has 5 amide bonds. The number of amides is 5. The van der Waals surface area contributed by atoms with E-state index in [9.17, 15) is 14.4 Å². The predicted octanol–water partition coefficient (Wildman–Crippen LogP) is 0.625. The SMILES string of the molecule is NC(=O)NC(N)=NCCNCc1ccc(N2C=C3C=C(c4ccc(C(=O)NC5CCNCC5)cc4)NC3NC2=O)cc1. The number of fused-ring (bicyclic) bond motifs is 1. The van der Waals surface area contributed by atoms with Crippen LogP contribution >= 0.6 is 0 Å². The van der Waals surface area contributed by atoms with Crippen molar-refractivity contribution in [3.8, 4) is 0 Å². The van der Waals surface area contributed by atoms with Crippen molar-refractivity contribution in [2.24, 2.45) is 16.5 Å². The van der Waals surface area contributed by atoms with Gasteiger partial charge in [-0.3, -0.25) is 20.0 Å². The highest BCUT2D eigenvalue weighted by Gasteiger charge is 2.31. The molecule has 1 fully saturated rings. The third kappa shape index (κ3) is 7.25. The lowest BCUT2D eigenvalue weighted by Gasteiger charge is -2.29. The molecule has 1 unspecified atom stereocenters. The first-order valence-electron chi connectivity index (χ1n) is 13.9. The third-order valence-electron chi connectivity index (χ3n) is 7.21. The molecule has 42 heavy (non-hydrogen) atoms. The molecular formula is C29H36N10O3. The molecular weight excluding hydrogens is 536 g/mol. The van der Waals surface area contributed by atoms with Crippen molar-refractivity contribution in [3.05, 3.63) is 83.1 Å². The summed E-state index contributed by atoms with van der Waals surface area (Å²) >= 11 is 0. The Morgan fingerprint density at radius 1 is 1.00 bits per heavy atom. The Labute approximate surface area is 243 Å². The van der Waals surface area contributed by atoms with E-state index in [1.807, 2.05) is 60.8 Å². The van der Waals surface area contributed by atoms with Gasteiger partial charge >= 0.3 is 12.1 Å². The molecule has 1 atom stereocenters.